The van der Waals surface area contributed by atoms with E-state index < -0.39 is 11.3 Å². The van der Waals surface area contributed by atoms with Gasteiger partial charge in [0.25, 0.3) is 0 Å². The molecule has 1 aromatic carbocycles. The highest BCUT2D eigenvalue weighted by Gasteiger charge is 2.19. The van der Waals surface area contributed by atoms with E-state index in [-0.39, 0.29) is 24.8 Å². The topological polar surface area (TPSA) is 68.3 Å². The van der Waals surface area contributed by atoms with Gasteiger partial charge in [-0.25, -0.2) is 4.72 Å². The fourth-order valence-electron chi connectivity index (χ4n) is 3.69. The van der Waals surface area contributed by atoms with Gasteiger partial charge in [0.1, 0.15) is 0 Å². The number of benzene rings is 1. The van der Waals surface area contributed by atoms with Crippen molar-refractivity contribution in [2.45, 2.75) is 39.2 Å². The maximum absolute atomic E-state index is 10.6. The Kier molecular flexibility index (Phi) is 11.9. The van der Waals surface area contributed by atoms with Crippen LogP contribution in [0.15, 0.2) is 42.5 Å². The molecule has 0 amide bonds. The molecule has 2 heterocycles. The Morgan fingerprint density at radius 1 is 1.10 bits per heavy atom. The fraction of sp³-hybridized carbons (Fsp3) is 0.476. The van der Waals surface area contributed by atoms with Crippen LogP contribution in [0.2, 0.25) is 0 Å². The average molecular weight is 459 g/mol. The smallest absolute Gasteiger partial charge is 0.0419 e. The number of halogens is 2. The molecule has 8 heteroatoms. The van der Waals surface area contributed by atoms with Crippen molar-refractivity contribution in [3.63, 3.8) is 0 Å². The van der Waals surface area contributed by atoms with E-state index in [0.29, 0.717) is 6.54 Å². The quantitative estimate of drug-likeness (QED) is 0.613. The van der Waals surface area contributed by atoms with Crippen LogP contribution in [0.1, 0.15) is 35.4 Å². The van der Waals surface area contributed by atoms with Crippen LogP contribution >= 0.6 is 24.8 Å². The summed E-state index contributed by atoms with van der Waals surface area (Å²) in [7, 11) is 0. The summed E-state index contributed by atoms with van der Waals surface area (Å²) in [6.07, 6.45) is 4.60. The summed E-state index contributed by atoms with van der Waals surface area (Å²) in [6.45, 7) is 5.81. The number of nitrogens with one attached hydrogen (secondary N) is 1. The third-order valence-electron chi connectivity index (χ3n) is 5.28. The molecule has 2 aromatic rings. The Morgan fingerprint density at radius 3 is 2.38 bits per heavy atom. The molecular weight excluding hydrogens is 429 g/mol. The molecule has 162 valence electrons. The van der Waals surface area contributed by atoms with Crippen LogP contribution in [0.25, 0.3) is 0 Å². The fourth-order valence-corrected chi connectivity index (χ4v) is 3.98. The number of aromatic nitrogens is 1. The Hall–Kier alpha value is -1.02. The molecule has 1 aromatic heterocycles. The van der Waals surface area contributed by atoms with E-state index in [1.165, 1.54) is 24.1 Å². The minimum Gasteiger partial charge on any atom is -0.760 e. The number of hydrogen-bond donors (Lipinski definition) is 1. The molecule has 1 saturated heterocycles. The lowest BCUT2D eigenvalue weighted by atomic mass is 9.90. The van der Waals surface area contributed by atoms with Crippen molar-refractivity contribution in [1.29, 1.82) is 0 Å². The van der Waals surface area contributed by atoms with Gasteiger partial charge in [0.05, 0.1) is 0 Å². The van der Waals surface area contributed by atoms with Gasteiger partial charge in [-0.2, -0.15) is 0 Å². The van der Waals surface area contributed by atoms with Crippen LogP contribution in [0.3, 0.4) is 0 Å². The molecule has 1 unspecified atom stereocenters. The molecule has 1 aliphatic rings. The van der Waals surface area contributed by atoms with Gasteiger partial charge in [0, 0.05) is 42.2 Å². The molecule has 1 fully saturated rings. The molecule has 3 rings (SSSR count). The van der Waals surface area contributed by atoms with Crippen LogP contribution in [0, 0.1) is 12.8 Å². The summed E-state index contributed by atoms with van der Waals surface area (Å²) in [5.41, 5.74) is 4.61. The number of piperidine rings is 1. The first-order valence-electron chi connectivity index (χ1n) is 9.64. The summed E-state index contributed by atoms with van der Waals surface area (Å²) in [4.78, 5) is 7.15. The maximum Gasteiger partial charge on any atom is 0.0419 e. The zero-order chi connectivity index (χ0) is 19.1. The van der Waals surface area contributed by atoms with Crippen molar-refractivity contribution in [2.24, 2.45) is 5.92 Å². The SMILES string of the molecule is Cc1cccc(CCN2CCC(Cc3ccc(CNS(=O)[O-])cc3)CC2)n1.Cl.Cl. The lowest BCUT2D eigenvalue weighted by Crippen LogP contribution is -2.35. The number of pyridine rings is 1. The first kappa shape index (κ1) is 26.0. The lowest BCUT2D eigenvalue weighted by Gasteiger charge is -2.32. The predicted molar refractivity (Wildman–Crippen MR) is 122 cm³/mol. The van der Waals surface area contributed by atoms with Crippen molar-refractivity contribution >= 4 is 36.1 Å². The molecule has 0 bridgehead atoms. The monoisotopic (exact) mass is 458 g/mol. The maximum atomic E-state index is 10.6. The minimum absolute atomic E-state index is 0. The third-order valence-corrected chi connectivity index (χ3v) is 5.66. The lowest BCUT2D eigenvalue weighted by molar-refractivity contribution is 0.185. The number of hydrogen-bond acceptors (Lipinski definition) is 4. The van der Waals surface area contributed by atoms with Gasteiger partial charge in [0.15, 0.2) is 0 Å². The summed E-state index contributed by atoms with van der Waals surface area (Å²) in [6, 6.07) is 14.5. The molecule has 0 aliphatic carbocycles. The molecule has 1 N–H and O–H groups in total. The van der Waals surface area contributed by atoms with E-state index in [4.69, 9.17) is 0 Å². The zero-order valence-corrected chi connectivity index (χ0v) is 19.2. The van der Waals surface area contributed by atoms with E-state index in [1.807, 2.05) is 25.1 Å². The Balaban J connectivity index is 0.00000210. The van der Waals surface area contributed by atoms with E-state index in [1.54, 1.807) is 0 Å². The second-order valence-corrected chi connectivity index (χ2v) is 8.14. The van der Waals surface area contributed by atoms with Gasteiger partial charge in [0.2, 0.25) is 0 Å². The Morgan fingerprint density at radius 2 is 1.76 bits per heavy atom. The number of likely N-dealkylation sites (tertiary alicyclic amines) is 1. The van der Waals surface area contributed by atoms with Crippen molar-refractivity contribution in [2.75, 3.05) is 19.6 Å². The summed E-state index contributed by atoms with van der Waals surface area (Å²) in [5.74, 6) is 0.733. The molecule has 1 atom stereocenters. The van der Waals surface area contributed by atoms with Crippen molar-refractivity contribution < 1.29 is 8.76 Å². The predicted octanol–water partition coefficient (Wildman–Crippen LogP) is 3.61. The zero-order valence-electron chi connectivity index (χ0n) is 16.7. The average Bonchev–Trinajstić information content (AvgIpc) is 2.67. The first-order chi connectivity index (χ1) is 13.1. The molecule has 0 saturated carbocycles. The van der Waals surface area contributed by atoms with Gasteiger partial charge >= 0.3 is 0 Å². The largest absolute Gasteiger partial charge is 0.760 e. The number of rotatable bonds is 8. The van der Waals surface area contributed by atoms with Crippen LogP contribution in [0.5, 0.6) is 0 Å². The number of aryl methyl sites for hydroxylation is 1. The highest BCUT2D eigenvalue weighted by Crippen LogP contribution is 2.22. The van der Waals surface area contributed by atoms with E-state index in [9.17, 15) is 8.76 Å². The second-order valence-electron chi connectivity index (χ2n) is 7.38. The Bertz CT molecular complexity index is 754. The van der Waals surface area contributed by atoms with Crippen molar-refractivity contribution in [3.05, 3.63) is 65.0 Å². The summed E-state index contributed by atoms with van der Waals surface area (Å²) >= 11 is -2.20. The van der Waals surface area contributed by atoms with Crippen LogP contribution in [0.4, 0.5) is 0 Å². The minimum atomic E-state index is -2.20. The van der Waals surface area contributed by atoms with E-state index >= 15 is 0 Å². The highest BCUT2D eigenvalue weighted by atomic mass is 35.5. The van der Waals surface area contributed by atoms with Crippen LogP contribution < -0.4 is 4.72 Å². The van der Waals surface area contributed by atoms with Crippen molar-refractivity contribution in [1.82, 2.24) is 14.6 Å². The van der Waals surface area contributed by atoms with Gasteiger partial charge < -0.3 is 9.45 Å². The summed E-state index contributed by atoms with van der Waals surface area (Å²) in [5, 5.41) is 0. The van der Waals surface area contributed by atoms with E-state index in [2.05, 4.69) is 38.9 Å². The molecular formula is C21H30Cl2N3O2S-. The van der Waals surface area contributed by atoms with Gasteiger partial charge in [-0.15, -0.1) is 24.8 Å². The Labute approximate surface area is 188 Å². The van der Waals surface area contributed by atoms with Gasteiger partial charge in [-0.3, -0.25) is 9.19 Å². The van der Waals surface area contributed by atoms with Crippen LogP contribution in [-0.2, 0) is 30.7 Å². The van der Waals surface area contributed by atoms with E-state index in [0.717, 1.165) is 49.7 Å². The van der Waals surface area contributed by atoms with Gasteiger partial charge in [-0.05, 0) is 68.5 Å². The molecule has 0 radical (unpaired) electrons. The normalized spacial score (nSPS) is 15.9. The highest BCUT2D eigenvalue weighted by molar-refractivity contribution is 7.77. The molecule has 0 spiro atoms. The standard InChI is InChI=1S/C21H29N3O2S.2ClH/c1-17-3-2-4-21(23-17)11-14-24-12-9-19(10-13-24)15-18-5-7-20(8-6-18)16-22-27(25)26;;/h2-8,19,22H,9-16H2,1H3,(H,25,26);2*1H/p-1. The summed E-state index contributed by atoms with van der Waals surface area (Å²) < 4.78 is 23.5. The van der Waals surface area contributed by atoms with Crippen LogP contribution in [-0.4, -0.2) is 38.3 Å². The third kappa shape index (κ3) is 9.11. The molecule has 1 aliphatic heterocycles. The second kappa shape index (κ2) is 13.3. The van der Waals surface area contributed by atoms with Crippen molar-refractivity contribution in [3.8, 4) is 0 Å². The number of nitrogens with zero attached hydrogens (tertiary/aromatic N) is 2. The first-order valence-corrected chi connectivity index (χ1v) is 10.7. The molecule has 29 heavy (non-hydrogen) atoms. The molecule has 5 nitrogen and oxygen atoms in total. The van der Waals surface area contributed by atoms with Gasteiger partial charge in [-0.1, -0.05) is 30.3 Å².